The van der Waals surface area contributed by atoms with Gasteiger partial charge in [0.25, 0.3) is 0 Å². The van der Waals surface area contributed by atoms with Gasteiger partial charge in [0.1, 0.15) is 5.75 Å². The summed E-state index contributed by atoms with van der Waals surface area (Å²) in [6.45, 7) is 2.09. The minimum Gasteiger partial charge on any atom is -0.497 e. The van der Waals surface area contributed by atoms with Gasteiger partial charge in [-0.25, -0.2) is 0 Å². The molecule has 6 nitrogen and oxygen atoms in total. The molecule has 1 aliphatic heterocycles. The molecule has 0 aromatic heterocycles. The van der Waals surface area contributed by atoms with Crippen molar-refractivity contribution >= 4 is 24.5 Å². The van der Waals surface area contributed by atoms with Crippen molar-refractivity contribution < 1.29 is 23.4 Å². The van der Waals surface area contributed by atoms with Gasteiger partial charge in [-0.3, -0.25) is 14.0 Å². The van der Waals surface area contributed by atoms with E-state index in [4.69, 9.17) is 14.0 Å². The van der Waals surface area contributed by atoms with Crippen LogP contribution in [-0.2, 0) is 18.6 Å². The zero-order valence-electron chi connectivity index (χ0n) is 15.0. The number of anilines is 1. The topological polar surface area (TPSA) is 65.1 Å². The molecule has 0 saturated carbocycles. The Balaban J connectivity index is 2.20. The highest BCUT2D eigenvalue weighted by Gasteiger charge is 2.49. The predicted molar refractivity (Wildman–Crippen MR) is 100 cm³/mol. The number of benzene rings is 2. The van der Waals surface area contributed by atoms with Gasteiger partial charge in [0, 0.05) is 5.69 Å². The van der Waals surface area contributed by atoms with E-state index in [1.54, 1.807) is 30.8 Å². The van der Waals surface area contributed by atoms with Crippen molar-refractivity contribution in [3.63, 3.8) is 0 Å². The SMILES string of the molecule is CCOP1(=O)c2ccc(OC)cc2C(CC(=O)OC)N1c1ccccc1. The predicted octanol–water partition coefficient (Wildman–Crippen LogP) is 3.67. The standard InChI is InChI=1S/C19H22NO5P/c1-4-25-26(22)18-11-10-15(23-2)12-16(18)17(13-19(21)24-3)20(26)14-8-6-5-7-9-14/h5-12,17H,4,13H2,1-3H3. The maximum Gasteiger partial charge on any atom is 0.327 e. The minimum atomic E-state index is -3.38. The first-order chi connectivity index (χ1) is 12.5. The van der Waals surface area contributed by atoms with Crippen LogP contribution in [0.3, 0.4) is 0 Å². The van der Waals surface area contributed by atoms with E-state index in [2.05, 4.69) is 0 Å². The Morgan fingerprint density at radius 3 is 2.50 bits per heavy atom. The van der Waals surface area contributed by atoms with Crippen molar-refractivity contribution in [2.45, 2.75) is 19.4 Å². The van der Waals surface area contributed by atoms with Gasteiger partial charge < -0.3 is 14.0 Å². The highest BCUT2D eigenvalue weighted by atomic mass is 31.2. The normalized spacial score (nSPS) is 21.3. The number of carbonyl (C=O) groups excluding carboxylic acids is 1. The van der Waals surface area contributed by atoms with Crippen LogP contribution in [0.2, 0.25) is 0 Å². The lowest BCUT2D eigenvalue weighted by Gasteiger charge is -2.31. The fourth-order valence-electron chi connectivity index (χ4n) is 3.27. The zero-order chi connectivity index (χ0) is 18.7. The number of hydrogen-bond donors (Lipinski definition) is 0. The lowest BCUT2D eigenvalue weighted by atomic mass is 10.0. The molecule has 0 saturated heterocycles. The second-order valence-corrected chi connectivity index (χ2v) is 8.05. The van der Waals surface area contributed by atoms with Crippen molar-refractivity contribution in [2.75, 3.05) is 25.5 Å². The van der Waals surface area contributed by atoms with Gasteiger partial charge in [-0.05, 0) is 42.8 Å². The van der Waals surface area contributed by atoms with E-state index in [-0.39, 0.29) is 19.0 Å². The van der Waals surface area contributed by atoms with Gasteiger partial charge in [0.15, 0.2) is 0 Å². The molecular formula is C19H22NO5P. The van der Waals surface area contributed by atoms with E-state index in [0.717, 1.165) is 11.3 Å². The minimum absolute atomic E-state index is 0.0582. The molecule has 26 heavy (non-hydrogen) atoms. The summed E-state index contributed by atoms with van der Waals surface area (Å²) in [6.07, 6.45) is 0.0582. The molecule has 0 amide bonds. The Hall–Kier alpha value is -2.30. The van der Waals surface area contributed by atoms with Crippen LogP contribution in [0, 0.1) is 0 Å². The van der Waals surface area contributed by atoms with Crippen LogP contribution < -0.4 is 14.7 Å². The monoisotopic (exact) mass is 375 g/mol. The number of esters is 1. The van der Waals surface area contributed by atoms with Gasteiger partial charge in [0.05, 0.1) is 38.6 Å². The van der Waals surface area contributed by atoms with Crippen molar-refractivity contribution in [1.29, 1.82) is 0 Å². The summed E-state index contributed by atoms with van der Waals surface area (Å²) in [4.78, 5) is 12.1. The highest BCUT2D eigenvalue weighted by Crippen LogP contribution is 2.62. The molecule has 2 aromatic carbocycles. The molecule has 1 heterocycles. The van der Waals surface area contributed by atoms with Crippen LogP contribution in [0.5, 0.6) is 5.75 Å². The Bertz CT molecular complexity index is 839. The van der Waals surface area contributed by atoms with E-state index < -0.39 is 13.6 Å². The Kier molecular flexibility index (Phi) is 5.35. The third kappa shape index (κ3) is 3.11. The third-order valence-corrected chi connectivity index (χ3v) is 7.09. The average Bonchev–Trinajstić information content (AvgIpc) is 2.90. The van der Waals surface area contributed by atoms with E-state index >= 15 is 0 Å². The first kappa shape index (κ1) is 18.5. The van der Waals surface area contributed by atoms with Crippen LogP contribution in [0.4, 0.5) is 5.69 Å². The number of nitrogens with zero attached hydrogens (tertiary/aromatic N) is 1. The Morgan fingerprint density at radius 2 is 1.88 bits per heavy atom. The molecule has 3 rings (SSSR count). The summed E-state index contributed by atoms with van der Waals surface area (Å²) in [5.41, 5.74) is 1.49. The molecule has 1 aliphatic rings. The Morgan fingerprint density at radius 1 is 1.15 bits per heavy atom. The second kappa shape index (κ2) is 7.52. The van der Waals surface area contributed by atoms with Gasteiger partial charge in [0.2, 0.25) is 0 Å². The van der Waals surface area contributed by atoms with E-state index in [1.165, 1.54) is 7.11 Å². The number of carbonyl (C=O) groups is 1. The van der Waals surface area contributed by atoms with E-state index in [9.17, 15) is 9.36 Å². The van der Waals surface area contributed by atoms with E-state index in [0.29, 0.717) is 11.1 Å². The molecule has 138 valence electrons. The van der Waals surface area contributed by atoms with Gasteiger partial charge in [-0.2, -0.15) is 0 Å². The first-order valence-electron chi connectivity index (χ1n) is 8.39. The van der Waals surface area contributed by atoms with Crippen LogP contribution in [0.1, 0.15) is 24.9 Å². The van der Waals surface area contributed by atoms with Gasteiger partial charge >= 0.3 is 13.5 Å². The number of rotatable bonds is 6. The second-order valence-electron chi connectivity index (χ2n) is 5.84. The lowest BCUT2D eigenvalue weighted by molar-refractivity contribution is -0.141. The van der Waals surface area contributed by atoms with Gasteiger partial charge in [-0.15, -0.1) is 0 Å². The molecule has 2 aromatic rings. The average molecular weight is 375 g/mol. The summed E-state index contributed by atoms with van der Waals surface area (Å²) in [7, 11) is -0.457. The largest absolute Gasteiger partial charge is 0.497 e. The van der Waals surface area contributed by atoms with Gasteiger partial charge in [-0.1, -0.05) is 18.2 Å². The molecule has 2 unspecified atom stereocenters. The van der Waals surface area contributed by atoms with E-state index in [1.807, 2.05) is 36.4 Å². The zero-order valence-corrected chi connectivity index (χ0v) is 15.9. The van der Waals surface area contributed by atoms with Crippen molar-refractivity contribution in [2.24, 2.45) is 0 Å². The molecule has 0 fully saturated rings. The quantitative estimate of drug-likeness (QED) is 0.567. The maximum atomic E-state index is 14.0. The van der Waals surface area contributed by atoms with Crippen molar-refractivity contribution in [3.8, 4) is 5.75 Å². The molecule has 2 atom stereocenters. The molecule has 0 bridgehead atoms. The highest BCUT2D eigenvalue weighted by molar-refractivity contribution is 7.69. The van der Waals surface area contributed by atoms with Crippen molar-refractivity contribution in [1.82, 2.24) is 0 Å². The maximum absolute atomic E-state index is 14.0. The molecule has 0 spiro atoms. The molecule has 7 heteroatoms. The Labute approximate surface area is 153 Å². The van der Waals surface area contributed by atoms with Crippen LogP contribution >= 0.6 is 7.52 Å². The summed E-state index contributed by atoms with van der Waals surface area (Å²) in [6, 6.07) is 14.2. The number of para-hydroxylation sites is 1. The third-order valence-electron chi connectivity index (χ3n) is 4.39. The van der Waals surface area contributed by atoms with Crippen LogP contribution in [0.25, 0.3) is 0 Å². The number of hydrogen-bond acceptors (Lipinski definition) is 5. The summed E-state index contributed by atoms with van der Waals surface area (Å²) >= 11 is 0. The molecule has 0 aliphatic carbocycles. The van der Waals surface area contributed by atoms with Crippen molar-refractivity contribution in [3.05, 3.63) is 54.1 Å². The first-order valence-corrected chi connectivity index (χ1v) is 9.97. The summed E-state index contributed by atoms with van der Waals surface area (Å²) in [5.74, 6) is 0.256. The summed E-state index contributed by atoms with van der Waals surface area (Å²) in [5, 5.41) is 0.595. The summed E-state index contributed by atoms with van der Waals surface area (Å²) < 4.78 is 31.7. The number of methoxy groups -OCH3 is 2. The van der Waals surface area contributed by atoms with Crippen LogP contribution in [0.15, 0.2) is 48.5 Å². The fraction of sp³-hybridized carbons (Fsp3) is 0.316. The number of fused-ring (bicyclic) bond motifs is 1. The fourth-order valence-corrected chi connectivity index (χ4v) is 5.93. The molecule has 0 N–H and O–H groups in total. The van der Waals surface area contributed by atoms with Crippen LogP contribution in [-0.4, -0.2) is 26.8 Å². The smallest absolute Gasteiger partial charge is 0.327 e. The molecule has 0 radical (unpaired) electrons. The lowest BCUT2D eigenvalue weighted by Crippen LogP contribution is -2.24. The number of ether oxygens (including phenoxy) is 2. The molecular weight excluding hydrogens is 353 g/mol.